The summed E-state index contributed by atoms with van der Waals surface area (Å²) in [6.45, 7) is 4.83. The molecule has 0 radical (unpaired) electrons. The fourth-order valence-electron chi connectivity index (χ4n) is 7.84. The van der Waals surface area contributed by atoms with Crippen LogP contribution in [0.25, 0.3) is 22.0 Å². The third-order valence-electron chi connectivity index (χ3n) is 10.1. The van der Waals surface area contributed by atoms with Crippen molar-refractivity contribution in [3.63, 3.8) is 0 Å². The molecule has 0 unspecified atom stereocenters. The predicted octanol–water partition coefficient (Wildman–Crippen LogP) is 5.54. The normalized spacial score (nSPS) is 24.5. The molecule has 3 saturated heterocycles. The number of ether oxygens (including phenoxy) is 1. The molecule has 0 N–H and O–H groups in total. The molecule has 1 aromatic heterocycles. The van der Waals surface area contributed by atoms with Gasteiger partial charge in [0, 0.05) is 31.1 Å². The molecule has 7 nitrogen and oxygen atoms in total. The van der Waals surface area contributed by atoms with Crippen molar-refractivity contribution in [2.45, 2.75) is 69.2 Å². The summed E-state index contributed by atoms with van der Waals surface area (Å²) in [6.07, 6.45) is 4.82. The van der Waals surface area contributed by atoms with E-state index in [1.54, 1.807) is 4.90 Å². The monoisotopic (exact) mass is 597 g/mol. The number of alkyl halides is 1. The van der Waals surface area contributed by atoms with Gasteiger partial charge in [0.2, 0.25) is 5.88 Å². The van der Waals surface area contributed by atoms with Gasteiger partial charge in [-0.25, -0.2) is 13.8 Å². The number of anilines is 1. The number of fused-ring (bicyclic) bond motifs is 3. The van der Waals surface area contributed by atoms with Crippen molar-refractivity contribution in [1.29, 1.82) is 5.26 Å². The van der Waals surface area contributed by atoms with Crippen molar-refractivity contribution >= 4 is 22.5 Å². The van der Waals surface area contributed by atoms with Crippen LogP contribution in [0.4, 0.5) is 14.5 Å². The maximum Gasteiger partial charge on any atom is 0.282 e. The van der Waals surface area contributed by atoms with E-state index >= 15 is 0 Å². The smallest absolute Gasteiger partial charge is 0.282 e. The summed E-state index contributed by atoms with van der Waals surface area (Å²) in [6, 6.07) is 15.0. The Balaban J connectivity index is 1.32. The number of aryl methyl sites for hydroxylation is 1. The van der Waals surface area contributed by atoms with Crippen LogP contribution in [-0.2, 0) is 24.1 Å². The first-order valence-corrected chi connectivity index (χ1v) is 15.7. The second kappa shape index (κ2) is 11.5. The number of nitrogens with zero attached hydrogens (tertiary/aromatic N) is 5. The molecule has 3 fully saturated rings. The Bertz CT molecular complexity index is 1690. The Hall–Kier alpha value is -4.03. The van der Waals surface area contributed by atoms with Crippen molar-refractivity contribution in [2.24, 2.45) is 0 Å². The molecule has 0 bridgehead atoms. The Morgan fingerprint density at radius 2 is 2.02 bits per heavy atom. The van der Waals surface area contributed by atoms with E-state index in [4.69, 9.17) is 9.72 Å². The van der Waals surface area contributed by atoms with Gasteiger partial charge in [0.15, 0.2) is 5.83 Å². The highest BCUT2D eigenvalue weighted by molar-refractivity contribution is 5.98. The molecular formula is C35H37F2N5O2. The van der Waals surface area contributed by atoms with Gasteiger partial charge in [-0.15, -0.1) is 0 Å². The van der Waals surface area contributed by atoms with Crippen LogP contribution in [0.15, 0.2) is 48.8 Å². The number of benzene rings is 2. The third kappa shape index (κ3) is 4.89. The van der Waals surface area contributed by atoms with E-state index in [0.717, 1.165) is 35.0 Å². The summed E-state index contributed by atoms with van der Waals surface area (Å²) in [5.41, 5.74) is 7.45. The fourth-order valence-corrected chi connectivity index (χ4v) is 7.84. The number of carbonyl (C=O) groups excluding carboxylic acids is 1. The first kappa shape index (κ1) is 28.7. The number of hydrogen-bond acceptors (Lipinski definition) is 6. The van der Waals surface area contributed by atoms with E-state index in [9.17, 15) is 18.8 Å². The van der Waals surface area contributed by atoms with Crippen LogP contribution in [0, 0.1) is 11.3 Å². The van der Waals surface area contributed by atoms with Gasteiger partial charge in [0.25, 0.3) is 5.91 Å². The number of aromatic nitrogens is 1. The van der Waals surface area contributed by atoms with Crippen LogP contribution in [-0.4, -0.2) is 78.3 Å². The topological polar surface area (TPSA) is 72.7 Å². The number of pyridine rings is 1. The minimum absolute atomic E-state index is 0.0109. The van der Waals surface area contributed by atoms with Crippen LogP contribution < -0.4 is 9.64 Å². The summed E-state index contributed by atoms with van der Waals surface area (Å²) in [5, 5.41) is 10.8. The van der Waals surface area contributed by atoms with E-state index in [1.165, 1.54) is 29.5 Å². The number of likely N-dealkylation sites (tertiary alicyclic amines) is 2. The molecule has 4 atom stereocenters. The number of nitriles is 1. The van der Waals surface area contributed by atoms with Crippen molar-refractivity contribution in [3.05, 3.63) is 65.5 Å². The largest absolute Gasteiger partial charge is 0.476 e. The third-order valence-corrected chi connectivity index (χ3v) is 10.1. The fraction of sp³-hybridized carbons (Fsp3) is 0.457. The molecule has 4 heterocycles. The van der Waals surface area contributed by atoms with E-state index < -0.39 is 17.9 Å². The molecule has 0 saturated carbocycles. The van der Waals surface area contributed by atoms with E-state index in [2.05, 4.69) is 53.9 Å². The van der Waals surface area contributed by atoms with Gasteiger partial charge in [0.1, 0.15) is 12.8 Å². The maximum absolute atomic E-state index is 14.2. The van der Waals surface area contributed by atoms with Crippen molar-refractivity contribution in [2.75, 3.05) is 38.2 Å². The number of carbonyl (C=O) groups is 1. The highest BCUT2D eigenvalue weighted by atomic mass is 19.1. The number of halogens is 2. The summed E-state index contributed by atoms with van der Waals surface area (Å²) < 4.78 is 34.3. The summed E-state index contributed by atoms with van der Waals surface area (Å²) in [7, 11) is 1.90. The Morgan fingerprint density at radius 1 is 1.18 bits per heavy atom. The van der Waals surface area contributed by atoms with Gasteiger partial charge >= 0.3 is 0 Å². The molecule has 228 valence electrons. The minimum atomic E-state index is -0.942. The van der Waals surface area contributed by atoms with Gasteiger partial charge in [-0.05, 0) is 73.9 Å². The first-order chi connectivity index (χ1) is 21.3. The predicted molar refractivity (Wildman–Crippen MR) is 166 cm³/mol. The van der Waals surface area contributed by atoms with Gasteiger partial charge in [-0.2, -0.15) is 5.26 Å². The second-order valence-electron chi connectivity index (χ2n) is 12.7. The molecule has 1 aliphatic carbocycles. The molecule has 2 aromatic carbocycles. The van der Waals surface area contributed by atoms with E-state index in [1.807, 2.05) is 11.9 Å². The second-order valence-corrected chi connectivity index (χ2v) is 12.7. The molecule has 9 heteroatoms. The van der Waals surface area contributed by atoms with Crippen LogP contribution in [0.3, 0.4) is 0 Å². The average Bonchev–Trinajstić information content (AvgIpc) is 3.52. The lowest BCUT2D eigenvalue weighted by molar-refractivity contribution is -0.130. The zero-order valence-corrected chi connectivity index (χ0v) is 25.1. The van der Waals surface area contributed by atoms with E-state index in [-0.39, 0.29) is 31.2 Å². The quantitative estimate of drug-likeness (QED) is 0.333. The molecule has 44 heavy (non-hydrogen) atoms. The Labute approximate surface area is 256 Å². The number of rotatable bonds is 7. The molecule has 1 amide bonds. The summed E-state index contributed by atoms with van der Waals surface area (Å²) in [5.74, 6) is -1.20. The van der Waals surface area contributed by atoms with Crippen LogP contribution in [0.1, 0.15) is 42.4 Å². The molecule has 3 aliphatic heterocycles. The van der Waals surface area contributed by atoms with Gasteiger partial charge in [-0.3, -0.25) is 9.69 Å². The summed E-state index contributed by atoms with van der Waals surface area (Å²) >= 11 is 0. The van der Waals surface area contributed by atoms with Crippen LogP contribution in [0.5, 0.6) is 5.88 Å². The van der Waals surface area contributed by atoms with E-state index in [0.29, 0.717) is 43.9 Å². The summed E-state index contributed by atoms with van der Waals surface area (Å²) in [4.78, 5) is 23.3. The highest BCUT2D eigenvalue weighted by Gasteiger charge is 2.50. The Kier molecular flexibility index (Phi) is 7.49. The van der Waals surface area contributed by atoms with Gasteiger partial charge in [-0.1, -0.05) is 36.9 Å². The SMILES string of the molecule is C=C(F)C(=O)N1CC[C@@H]2[C@H]1CN2c1c(CC#N)c(OC[C@@H]2C[C@@H](F)CN2C)nc2cc(-c3cccc4c3CCCC4)ccc12. The molecule has 4 aliphatic rings. The lowest BCUT2D eigenvalue weighted by atomic mass is 9.85. The highest BCUT2D eigenvalue weighted by Crippen LogP contribution is 2.45. The maximum atomic E-state index is 14.2. The molecule has 3 aromatic rings. The van der Waals surface area contributed by atoms with Gasteiger partial charge in [0.05, 0.1) is 41.3 Å². The number of hydrogen-bond donors (Lipinski definition) is 0. The molecule has 0 spiro atoms. The number of amides is 1. The van der Waals surface area contributed by atoms with Crippen molar-refractivity contribution < 1.29 is 18.3 Å². The minimum Gasteiger partial charge on any atom is -0.476 e. The van der Waals surface area contributed by atoms with Gasteiger partial charge < -0.3 is 14.5 Å². The van der Waals surface area contributed by atoms with Crippen molar-refractivity contribution in [1.82, 2.24) is 14.8 Å². The lowest BCUT2D eigenvalue weighted by Gasteiger charge is -2.49. The number of likely N-dealkylation sites (N-methyl/N-ethyl adjacent to an activating group) is 1. The Morgan fingerprint density at radius 3 is 2.80 bits per heavy atom. The standard InChI is InChI=1S/C35H37F2N5O2/c1-21(36)35(43)41-15-13-31-32(41)19-42(31)33-28-11-10-23(27-9-5-7-22-6-3-4-8-26(22)27)16-30(28)39-34(29(33)12-14-38)44-20-25-17-24(37)18-40(25)2/h5,7,9-11,16,24-25,31-32H,1,3-4,6,8,12-13,15,17-20H2,2H3/t24-,25+,31-,32-/m1/s1. The molecular weight excluding hydrogens is 560 g/mol. The van der Waals surface area contributed by atoms with Crippen molar-refractivity contribution in [3.8, 4) is 23.1 Å². The molecule has 7 rings (SSSR count). The first-order valence-electron chi connectivity index (χ1n) is 15.7. The van der Waals surface area contributed by atoms with Crippen LogP contribution >= 0.6 is 0 Å². The zero-order chi connectivity index (χ0) is 30.5. The zero-order valence-electron chi connectivity index (χ0n) is 25.1. The average molecular weight is 598 g/mol. The lowest BCUT2D eigenvalue weighted by Crippen LogP contribution is -2.63. The van der Waals surface area contributed by atoms with Crippen LogP contribution in [0.2, 0.25) is 0 Å².